The molecular formula is C24H36IN3O2. The van der Waals surface area contributed by atoms with Gasteiger partial charge in [0.15, 0.2) is 5.78 Å². The van der Waals surface area contributed by atoms with Crippen LogP contribution in [0.25, 0.3) is 0 Å². The van der Waals surface area contributed by atoms with Gasteiger partial charge in [0.25, 0.3) is 0 Å². The van der Waals surface area contributed by atoms with Crippen LogP contribution in [-0.4, -0.2) is 34.7 Å². The van der Waals surface area contributed by atoms with E-state index in [1.165, 1.54) is 32.1 Å². The average molecular weight is 525 g/mol. The fraction of sp³-hybridized carbons (Fsp3) is 0.708. The number of pyridine rings is 1. The van der Waals surface area contributed by atoms with Gasteiger partial charge in [-0.3, -0.25) is 14.6 Å². The summed E-state index contributed by atoms with van der Waals surface area (Å²) in [6.07, 6.45) is 15.6. The molecular weight excluding hydrogens is 489 g/mol. The first kappa shape index (κ1) is 23.5. The van der Waals surface area contributed by atoms with Crippen molar-refractivity contribution in [2.45, 2.75) is 83.5 Å². The zero-order valence-corrected chi connectivity index (χ0v) is 20.5. The number of aromatic nitrogens is 1. The monoisotopic (exact) mass is 525 g/mol. The number of Topliss-reactive ketones (excluding diaryl/α,β-unsaturated/α-hetero) is 1. The van der Waals surface area contributed by atoms with E-state index in [9.17, 15) is 9.59 Å². The third-order valence-corrected chi connectivity index (χ3v) is 7.25. The maximum atomic E-state index is 13.2. The number of unbranched alkanes of at least 4 members (excludes halogenated alkanes) is 1. The SMILES string of the molecule is CN(CCCCI)c1c(NC(=O)C2CCCCCCCC2)cnc2c1CCCC2=O. The summed E-state index contributed by atoms with van der Waals surface area (Å²) in [5.74, 6) is 0.341. The quantitative estimate of drug-likeness (QED) is 0.272. The first-order valence-corrected chi connectivity index (χ1v) is 13.3. The van der Waals surface area contributed by atoms with E-state index >= 15 is 0 Å². The molecule has 1 N–H and O–H groups in total. The normalized spacial score (nSPS) is 18.1. The minimum Gasteiger partial charge on any atom is -0.373 e. The van der Waals surface area contributed by atoms with Crippen molar-refractivity contribution in [3.63, 3.8) is 0 Å². The predicted octanol–water partition coefficient (Wildman–Crippen LogP) is 5.94. The number of carbonyl (C=O) groups excluding carboxylic acids is 2. The Bertz CT molecular complexity index is 727. The first-order chi connectivity index (χ1) is 14.6. The molecule has 1 heterocycles. The number of fused-ring (bicyclic) bond motifs is 1. The lowest BCUT2D eigenvalue weighted by molar-refractivity contribution is -0.120. The van der Waals surface area contributed by atoms with Crippen molar-refractivity contribution >= 4 is 45.7 Å². The van der Waals surface area contributed by atoms with Crippen molar-refractivity contribution in [1.29, 1.82) is 0 Å². The summed E-state index contributed by atoms with van der Waals surface area (Å²) in [5, 5.41) is 3.23. The summed E-state index contributed by atoms with van der Waals surface area (Å²) in [6, 6.07) is 0. The molecule has 0 spiro atoms. The number of hydrogen-bond donors (Lipinski definition) is 1. The minimum atomic E-state index is 0.0814. The number of hydrogen-bond acceptors (Lipinski definition) is 4. The molecule has 1 aromatic heterocycles. The molecule has 2 aliphatic rings. The van der Waals surface area contributed by atoms with Crippen LogP contribution in [0.4, 0.5) is 11.4 Å². The molecule has 5 nitrogen and oxygen atoms in total. The molecule has 0 atom stereocenters. The van der Waals surface area contributed by atoms with E-state index in [-0.39, 0.29) is 17.6 Å². The van der Waals surface area contributed by atoms with E-state index in [0.29, 0.717) is 12.1 Å². The maximum Gasteiger partial charge on any atom is 0.227 e. The summed E-state index contributed by atoms with van der Waals surface area (Å²) < 4.78 is 1.14. The van der Waals surface area contributed by atoms with Gasteiger partial charge in [-0.15, -0.1) is 0 Å². The molecule has 1 fully saturated rings. The molecule has 0 bridgehead atoms. The van der Waals surface area contributed by atoms with Crippen molar-refractivity contribution in [2.24, 2.45) is 5.92 Å². The molecule has 30 heavy (non-hydrogen) atoms. The Balaban J connectivity index is 1.83. The van der Waals surface area contributed by atoms with Gasteiger partial charge in [-0.2, -0.15) is 0 Å². The second-order valence-electron chi connectivity index (χ2n) is 8.83. The lowest BCUT2D eigenvalue weighted by Crippen LogP contribution is -2.28. The summed E-state index contributed by atoms with van der Waals surface area (Å²) >= 11 is 2.41. The van der Waals surface area contributed by atoms with E-state index in [0.717, 1.165) is 72.9 Å². The van der Waals surface area contributed by atoms with E-state index in [4.69, 9.17) is 0 Å². The van der Waals surface area contributed by atoms with Crippen LogP contribution in [0.1, 0.15) is 93.1 Å². The Morgan fingerprint density at radius 2 is 1.80 bits per heavy atom. The number of ketones is 1. The summed E-state index contributed by atoms with van der Waals surface area (Å²) in [7, 11) is 2.08. The Morgan fingerprint density at radius 3 is 2.50 bits per heavy atom. The molecule has 2 aliphatic carbocycles. The number of amides is 1. The van der Waals surface area contributed by atoms with E-state index < -0.39 is 0 Å². The Morgan fingerprint density at radius 1 is 1.10 bits per heavy atom. The molecule has 166 valence electrons. The second kappa shape index (κ2) is 12.0. The molecule has 1 amide bonds. The molecule has 0 aliphatic heterocycles. The lowest BCUT2D eigenvalue weighted by atomic mass is 9.92. The van der Waals surface area contributed by atoms with Gasteiger partial charge in [0.2, 0.25) is 5.91 Å². The average Bonchev–Trinajstić information content (AvgIpc) is 2.88. The molecule has 0 radical (unpaired) electrons. The minimum absolute atomic E-state index is 0.0814. The van der Waals surface area contributed by atoms with Crippen LogP contribution in [0, 0.1) is 5.92 Å². The number of halogens is 1. The molecule has 0 saturated heterocycles. The highest BCUT2D eigenvalue weighted by molar-refractivity contribution is 14.1. The Labute approximate surface area is 194 Å². The highest BCUT2D eigenvalue weighted by Gasteiger charge is 2.27. The molecule has 0 aromatic carbocycles. The van der Waals surface area contributed by atoms with Crippen molar-refractivity contribution in [2.75, 3.05) is 28.2 Å². The topological polar surface area (TPSA) is 62.3 Å². The van der Waals surface area contributed by atoms with Crippen LogP contribution in [-0.2, 0) is 11.2 Å². The Hall–Kier alpha value is -1.18. The smallest absolute Gasteiger partial charge is 0.227 e. The molecule has 1 saturated carbocycles. The van der Waals surface area contributed by atoms with Gasteiger partial charge in [0, 0.05) is 31.5 Å². The highest BCUT2D eigenvalue weighted by Crippen LogP contribution is 2.36. The number of rotatable bonds is 7. The van der Waals surface area contributed by atoms with E-state index in [2.05, 4.69) is 44.8 Å². The van der Waals surface area contributed by atoms with Crippen LogP contribution in [0.3, 0.4) is 0 Å². The van der Waals surface area contributed by atoms with Crippen LogP contribution in [0.2, 0.25) is 0 Å². The van der Waals surface area contributed by atoms with Crippen LogP contribution in [0.5, 0.6) is 0 Å². The van der Waals surface area contributed by atoms with Gasteiger partial charge in [0.1, 0.15) is 5.69 Å². The van der Waals surface area contributed by atoms with Gasteiger partial charge >= 0.3 is 0 Å². The zero-order chi connectivity index (χ0) is 21.3. The fourth-order valence-corrected chi connectivity index (χ4v) is 5.32. The zero-order valence-electron chi connectivity index (χ0n) is 18.4. The van der Waals surface area contributed by atoms with E-state index in [1.54, 1.807) is 6.20 Å². The highest BCUT2D eigenvalue weighted by atomic mass is 127. The molecule has 0 unspecified atom stereocenters. The van der Waals surface area contributed by atoms with Crippen molar-refractivity contribution in [3.8, 4) is 0 Å². The predicted molar refractivity (Wildman–Crippen MR) is 132 cm³/mol. The summed E-state index contributed by atoms with van der Waals surface area (Å²) in [5.41, 5.74) is 3.43. The van der Waals surface area contributed by atoms with Crippen LogP contribution in [0.15, 0.2) is 6.20 Å². The standard InChI is InChI=1S/C24H36IN3O2/c1-28(16-9-8-15-25)23-19-13-10-14-21(29)22(19)26-17-20(23)27-24(30)18-11-6-4-2-3-5-7-12-18/h17-18H,2-16H2,1H3,(H,27,30). The second-order valence-corrected chi connectivity index (χ2v) is 9.91. The molecule has 3 rings (SSSR count). The number of nitrogens with one attached hydrogen (secondary N) is 1. The van der Waals surface area contributed by atoms with E-state index in [1.807, 2.05) is 0 Å². The van der Waals surface area contributed by atoms with Crippen LogP contribution < -0.4 is 10.2 Å². The first-order valence-electron chi connectivity index (χ1n) is 11.7. The number of nitrogens with zero attached hydrogens (tertiary/aromatic N) is 2. The number of carbonyl (C=O) groups is 2. The van der Waals surface area contributed by atoms with Gasteiger partial charge < -0.3 is 10.2 Å². The third kappa shape index (κ3) is 6.17. The van der Waals surface area contributed by atoms with Crippen molar-refractivity contribution in [3.05, 3.63) is 17.5 Å². The van der Waals surface area contributed by atoms with Gasteiger partial charge in [-0.1, -0.05) is 61.1 Å². The molecule has 6 heteroatoms. The van der Waals surface area contributed by atoms with Gasteiger partial charge in [0.05, 0.1) is 17.6 Å². The van der Waals surface area contributed by atoms with Gasteiger partial charge in [-0.05, 0) is 43.0 Å². The van der Waals surface area contributed by atoms with Crippen molar-refractivity contribution < 1.29 is 9.59 Å². The van der Waals surface area contributed by atoms with Gasteiger partial charge in [-0.25, -0.2) is 0 Å². The van der Waals surface area contributed by atoms with Crippen LogP contribution >= 0.6 is 22.6 Å². The maximum absolute atomic E-state index is 13.2. The third-order valence-electron chi connectivity index (χ3n) is 6.49. The Kier molecular flexibility index (Phi) is 9.40. The summed E-state index contributed by atoms with van der Waals surface area (Å²) in [6.45, 7) is 0.917. The number of alkyl halides is 1. The number of anilines is 2. The van der Waals surface area contributed by atoms with Crippen molar-refractivity contribution in [1.82, 2.24) is 4.98 Å². The lowest BCUT2D eigenvalue weighted by Gasteiger charge is -2.29. The molecule has 1 aromatic rings. The largest absolute Gasteiger partial charge is 0.373 e. The fourth-order valence-electron chi connectivity index (χ4n) is 4.78. The summed E-state index contributed by atoms with van der Waals surface area (Å²) in [4.78, 5) is 32.3.